The van der Waals surface area contributed by atoms with Crippen LogP contribution < -0.4 is 5.32 Å². The monoisotopic (exact) mass is 281 g/mol. The van der Waals surface area contributed by atoms with Crippen LogP contribution in [0.15, 0.2) is 53.7 Å². The van der Waals surface area contributed by atoms with Crippen LogP contribution in [0.3, 0.4) is 0 Å². The van der Waals surface area contributed by atoms with Gasteiger partial charge in [0.05, 0.1) is 0 Å². The molecule has 21 heavy (non-hydrogen) atoms. The fourth-order valence-corrected chi connectivity index (χ4v) is 2.40. The molecule has 3 rings (SSSR count). The summed E-state index contributed by atoms with van der Waals surface area (Å²) in [5, 5.41) is 3.17. The van der Waals surface area contributed by atoms with Crippen LogP contribution in [0.4, 0.5) is 0 Å². The topological polar surface area (TPSA) is 46.5 Å². The van der Waals surface area contributed by atoms with Crippen molar-refractivity contribution in [1.82, 2.24) is 10.3 Å². The van der Waals surface area contributed by atoms with Crippen molar-refractivity contribution in [3.63, 3.8) is 0 Å². The predicted molar refractivity (Wildman–Crippen MR) is 83.5 cm³/mol. The van der Waals surface area contributed by atoms with E-state index in [4.69, 9.17) is 4.74 Å². The first-order valence-electron chi connectivity index (χ1n) is 7.22. The number of likely N-dealkylation sites (N-methyl/N-ethyl adjacent to an activating group) is 1. The summed E-state index contributed by atoms with van der Waals surface area (Å²) < 4.78 is 5.70. The highest BCUT2D eigenvalue weighted by atomic mass is 16.5. The summed E-state index contributed by atoms with van der Waals surface area (Å²) >= 11 is 0. The summed E-state index contributed by atoms with van der Waals surface area (Å²) in [6.07, 6.45) is 2.78. The standard InChI is InChI=1S/C17H19N3O/c1-18-10-8-13-5-4-6-14(11-13)16-12-21-17(20-16)15-7-2-3-9-19-15/h2-7,9,11,16,18H,8,10,12H2,1H3. The summed E-state index contributed by atoms with van der Waals surface area (Å²) in [7, 11) is 1.97. The fraction of sp³-hybridized carbons (Fsp3) is 0.294. The average molecular weight is 281 g/mol. The molecule has 108 valence electrons. The number of benzene rings is 1. The van der Waals surface area contributed by atoms with Gasteiger partial charge in [-0.3, -0.25) is 4.98 Å². The fourth-order valence-electron chi connectivity index (χ4n) is 2.40. The molecular formula is C17H19N3O. The van der Waals surface area contributed by atoms with E-state index >= 15 is 0 Å². The van der Waals surface area contributed by atoms with Crippen molar-refractivity contribution in [2.45, 2.75) is 12.5 Å². The van der Waals surface area contributed by atoms with Gasteiger partial charge in [-0.25, -0.2) is 4.99 Å². The highest BCUT2D eigenvalue weighted by Crippen LogP contribution is 2.25. The zero-order valence-electron chi connectivity index (χ0n) is 12.1. The van der Waals surface area contributed by atoms with E-state index in [1.54, 1.807) is 6.20 Å². The summed E-state index contributed by atoms with van der Waals surface area (Å²) in [5.74, 6) is 0.640. The van der Waals surface area contributed by atoms with Crippen LogP contribution in [-0.4, -0.2) is 31.1 Å². The van der Waals surface area contributed by atoms with Gasteiger partial charge < -0.3 is 10.1 Å². The number of nitrogens with one attached hydrogen (secondary N) is 1. The number of nitrogens with zero attached hydrogens (tertiary/aromatic N) is 2. The minimum atomic E-state index is 0.0662. The first-order valence-corrected chi connectivity index (χ1v) is 7.22. The Balaban J connectivity index is 1.78. The molecule has 0 spiro atoms. The van der Waals surface area contributed by atoms with Gasteiger partial charge in [0.25, 0.3) is 0 Å². The Bertz CT molecular complexity index is 625. The third kappa shape index (κ3) is 3.28. The molecule has 4 heteroatoms. The quantitative estimate of drug-likeness (QED) is 0.915. The molecule has 1 aromatic heterocycles. The summed E-state index contributed by atoms with van der Waals surface area (Å²) in [5.41, 5.74) is 3.32. The van der Waals surface area contributed by atoms with Crippen LogP contribution in [0.1, 0.15) is 22.9 Å². The van der Waals surface area contributed by atoms with Gasteiger partial charge in [0, 0.05) is 6.20 Å². The van der Waals surface area contributed by atoms with Gasteiger partial charge in [-0.1, -0.05) is 30.3 Å². The number of hydrogen-bond donors (Lipinski definition) is 1. The molecule has 2 heterocycles. The van der Waals surface area contributed by atoms with E-state index in [1.807, 2.05) is 25.2 Å². The highest BCUT2D eigenvalue weighted by molar-refractivity contribution is 5.93. The molecule has 0 fully saturated rings. The Kier molecular flexibility index (Phi) is 4.26. The Morgan fingerprint density at radius 3 is 3.00 bits per heavy atom. The number of ether oxygens (including phenoxy) is 1. The van der Waals surface area contributed by atoms with Crippen LogP contribution in [0.25, 0.3) is 0 Å². The lowest BCUT2D eigenvalue weighted by molar-refractivity contribution is 0.319. The second kappa shape index (κ2) is 6.50. The molecule has 0 amide bonds. The smallest absolute Gasteiger partial charge is 0.236 e. The van der Waals surface area contributed by atoms with Crippen molar-refractivity contribution in [3.05, 3.63) is 65.5 Å². The van der Waals surface area contributed by atoms with Crippen LogP contribution >= 0.6 is 0 Å². The Morgan fingerprint density at radius 2 is 2.19 bits per heavy atom. The maximum Gasteiger partial charge on any atom is 0.236 e. The summed E-state index contributed by atoms with van der Waals surface area (Å²) in [6.45, 7) is 1.56. The molecule has 1 aliphatic heterocycles. The molecule has 1 N–H and O–H groups in total. The molecule has 0 radical (unpaired) electrons. The van der Waals surface area contributed by atoms with Crippen molar-refractivity contribution in [3.8, 4) is 0 Å². The van der Waals surface area contributed by atoms with Crippen molar-refractivity contribution < 1.29 is 4.74 Å². The number of rotatable bonds is 5. The minimum Gasteiger partial charge on any atom is -0.474 e. The Hall–Kier alpha value is -2.20. The van der Waals surface area contributed by atoms with Crippen molar-refractivity contribution in [2.75, 3.05) is 20.2 Å². The third-order valence-electron chi connectivity index (χ3n) is 3.53. The lowest BCUT2D eigenvalue weighted by Gasteiger charge is -2.08. The molecule has 2 aromatic rings. The number of pyridine rings is 1. The van der Waals surface area contributed by atoms with Crippen molar-refractivity contribution in [2.24, 2.45) is 4.99 Å². The molecular weight excluding hydrogens is 262 g/mol. The van der Waals surface area contributed by atoms with Gasteiger partial charge in [0.2, 0.25) is 5.90 Å². The van der Waals surface area contributed by atoms with Gasteiger partial charge in [0.1, 0.15) is 18.3 Å². The van der Waals surface area contributed by atoms with Gasteiger partial charge in [-0.15, -0.1) is 0 Å². The first-order chi connectivity index (χ1) is 10.4. The van der Waals surface area contributed by atoms with Crippen LogP contribution in [0, 0.1) is 0 Å². The second-order valence-electron chi connectivity index (χ2n) is 5.07. The molecule has 0 saturated heterocycles. The number of aliphatic imine (C=N–C) groups is 1. The zero-order valence-corrected chi connectivity index (χ0v) is 12.1. The SMILES string of the molecule is CNCCc1cccc(C2COC(c3ccccn3)=N2)c1. The van der Waals surface area contributed by atoms with E-state index in [0.717, 1.165) is 18.7 Å². The van der Waals surface area contributed by atoms with Gasteiger partial charge in [-0.05, 0) is 43.3 Å². The molecule has 0 aliphatic carbocycles. The van der Waals surface area contributed by atoms with E-state index < -0.39 is 0 Å². The lowest BCUT2D eigenvalue weighted by Crippen LogP contribution is -2.10. The average Bonchev–Trinajstić information content (AvgIpc) is 3.04. The van der Waals surface area contributed by atoms with E-state index in [1.165, 1.54) is 11.1 Å². The van der Waals surface area contributed by atoms with Crippen LogP contribution in [-0.2, 0) is 11.2 Å². The first kappa shape index (κ1) is 13.8. The normalized spacial score (nSPS) is 17.4. The largest absolute Gasteiger partial charge is 0.474 e. The van der Waals surface area contributed by atoms with Gasteiger partial charge >= 0.3 is 0 Å². The van der Waals surface area contributed by atoms with E-state index in [9.17, 15) is 0 Å². The lowest BCUT2D eigenvalue weighted by atomic mass is 10.0. The Labute approximate surface area is 124 Å². The highest BCUT2D eigenvalue weighted by Gasteiger charge is 2.22. The van der Waals surface area contributed by atoms with Crippen molar-refractivity contribution in [1.29, 1.82) is 0 Å². The van der Waals surface area contributed by atoms with Crippen molar-refractivity contribution >= 4 is 5.90 Å². The third-order valence-corrected chi connectivity index (χ3v) is 3.53. The molecule has 4 nitrogen and oxygen atoms in total. The molecule has 1 atom stereocenters. The van der Waals surface area contributed by atoms with Crippen LogP contribution in [0.5, 0.6) is 0 Å². The molecule has 0 saturated carbocycles. The Morgan fingerprint density at radius 1 is 1.24 bits per heavy atom. The molecule has 0 bridgehead atoms. The molecule has 1 aromatic carbocycles. The summed E-state index contributed by atoms with van der Waals surface area (Å²) in [4.78, 5) is 8.95. The summed E-state index contributed by atoms with van der Waals surface area (Å²) in [6, 6.07) is 14.4. The zero-order chi connectivity index (χ0) is 14.5. The van der Waals surface area contributed by atoms with E-state index in [0.29, 0.717) is 12.5 Å². The molecule has 1 aliphatic rings. The van der Waals surface area contributed by atoms with E-state index in [2.05, 4.69) is 39.6 Å². The maximum atomic E-state index is 5.70. The number of aromatic nitrogens is 1. The predicted octanol–water partition coefficient (Wildman–Crippen LogP) is 2.36. The van der Waals surface area contributed by atoms with Gasteiger partial charge in [-0.2, -0.15) is 0 Å². The minimum absolute atomic E-state index is 0.0662. The van der Waals surface area contributed by atoms with E-state index in [-0.39, 0.29) is 6.04 Å². The number of hydrogen-bond acceptors (Lipinski definition) is 4. The second-order valence-corrected chi connectivity index (χ2v) is 5.07. The van der Waals surface area contributed by atoms with Crippen LogP contribution in [0.2, 0.25) is 0 Å². The van der Waals surface area contributed by atoms with Gasteiger partial charge in [0.15, 0.2) is 0 Å². The maximum absolute atomic E-state index is 5.70. The molecule has 1 unspecified atom stereocenters.